The van der Waals surface area contributed by atoms with E-state index in [2.05, 4.69) is 30.9 Å². The SMILES string of the molecule is CC1(C)CNC(=O)c2ccc(cc2)Nc2nc(nc(OCC(F)(F)F)n2)NCc2ccc(c(Cl)c2)OCCCN(C(=O)C/C=C/c2ccco2)C1. The van der Waals surface area contributed by atoms with Crippen molar-refractivity contribution in [2.45, 2.75) is 39.4 Å². The second-order valence-corrected chi connectivity index (χ2v) is 12.9. The highest BCUT2D eigenvalue weighted by molar-refractivity contribution is 6.32. The highest BCUT2D eigenvalue weighted by Gasteiger charge is 2.29. The molecule has 270 valence electrons. The van der Waals surface area contributed by atoms with Crippen LogP contribution in [0.15, 0.2) is 71.4 Å². The molecule has 2 amide bonds. The number of hydrogen-bond acceptors (Lipinski definition) is 10. The average molecular weight is 728 g/mol. The van der Waals surface area contributed by atoms with Crippen LogP contribution in [0.2, 0.25) is 5.02 Å². The van der Waals surface area contributed by atoms with E-state index in [1.807, 2.05) is 13.8 Å². The first-order valence-electron chi connectivity index (χ1n) is 16.1. The largest absolute Gasteiger partial charge is 0.492 e. The third-order valence-corrected chi connectivity index (χ3v) is 7.77. The van der Waals surface area contributed by atoms with Gasteiger partial charge in [0.15, 0.2) is 6.61 Å². The molecule has 4 aromatic rings. The summed E-state index contributed by atoms with van der Waals surface area (Å²) >= 11 is 6.52. The lowest BCUT2D eigenvalue weighted by atomic mass is 9.92. The number of carbonyl (C=O) groups excluding carboxylic acids is 2. The molecule has 0 unspecified atom stereocenters. The van der Waals surface area contributed by atoms with Crippen LogP contribution >= 0.6 is 11.6 Å². The number of aromatic nitrogens is 3. The second kappa shape index (κ2) is 16.6. The van der Waals surface area contributed by atoms with Crippen LogP contribution in [0.5, 0.6) is 11.8 Å². The summed E-state index contributed by atoms with van der Waals surface area (Å²) < 4.78 is 54.7. The minimum atomic E-state index is -4.60. The van der Waals surface area contributed by atoms with E-state index in [0.717, 1.165) is 0 Å². The highest BCUT2D eigenvalue weighted by Crippen LogP contribution is 2.27. The molecule has 0 aliphatic carbocycles. The molecule has 4 aliphatic heterocycles. The zero-order valence-electron chi connectivity index (χ0n) is 27.9. The molecule has 16 heteroatoms. The van der Waals surface area contributed by atoms with Crippen molar-refractivity contribution >= 4 is 47.1 Å². The number of halogens is 4. The smallest absolute Gasteiger partial charge is 0.422 e. The summed E-state index contributed by atoms with van der Waals surface area (Å²) in [5.74, 6) is 0.540. The molecule has 2 aromatic carbocycles. The van der Waals surface area contributed by atoms with Crippen LogP contribution in [-0.2, 0) is 11.3 Å². The fourth-order valence-electron chi connectivity index (χ4n) is 5.00. The van der Waals surface area contributed by atoms with Gasteiger partial charge < -0.3 is 34.7 Å². The maximum absolute atomic E-state index is 13.4. The van der Waals surface area contributed by atoms with Crippen LogP contribution in [0.25, 0.3) is 6.08 Å². The van der Waals surface area contributed by atoms with Gasteiger partial charge in [0.05, 0.1) is 17.9 Å². The summed E-state index contributed by atoms with van der Waals surface area (Å²) in [6.45, 7) is 3.82. The van der Waals surface area contributed by atoms with Gasteiger partial charge in [-0.15, -0.1) is 0 Å². The summed E-state index contributed by atoms with van der Waals surface area (Å²) in [5, 5.41) is 9.16. The zero-order chi connectivity index (χ0) is 36.4. The number of anilines is 3. The first-order chi connectivity index (χ1) is 24.3. The average Bonchev–Trinajstić information content (AvgIpc) is 3.61. The Bertz CT molecular complexity index is 1820. The number of benzene rings is 2. The molecule has 0 saturated carbocycles. The Kier molecular flexibility index (Phi) is 12.0. The standard InChI is InChI=1S/C35H37ClF3N7O5/c1-34(2)20-41-30(48)24-10-12-25(13-11-24)42-32-43-31(44-33(45-32)51-22-35(37,38)39)40-19-23-9-14-28(27(36)18-23)50-17-5-15-46(21-34)29(47)8-3-6-26-7-4-16-49-26/h3-4,6-7,9-14,16,18H,5,8,15,17,19-22H2,1-2H3,(H,41,48)(H2,40,42,43,44,45)/b6-3+. The van der Waals surface area contributed by atoms with E-state index in [0.29, 0.717) is 52.9 Å². The molecule has 0 atom stereocenters. The van der Waals surface area contributed by atoms with Crippen molar-refractivity contribution in [3.05, 3.63) is 88.8 Å². The highest BCUT2D eigenvalue weighted by atomic mass is 35.5. The second-order valence-electron chi connectivity index (χ2n) is 12.5. The first kappa shape index (κ1) is 37.0. The van der Waals surface area contributed by atoms with E-state index in [1.165, 1.54) is 0 Å². The van der Waals surface area contributed by atoms with Crippen molar-refractivity contribution in [2.75, 3.05) is 43.5 Å². The molecule has 0 radical (unpaired) electrons. The zero-order valence-corrected chi connectivity index (χ0v) is 28.7. The van der Waals surface area contributed by atoms with E-state index >= 15 is 0 Å². The van der Waals surface area contributed by atoms with E-state index in [9.17, 15) is 22.8 Å². The van der Waals surface area contributed by atoms with E-state index in [4.69, 9.17) is 25.5 Å². The monoisotopic (exact) mass is 727 g/mol. The molecule has 51 heavy (non-hydrogen) atoms. The number of hydrogen-bond donors (Lipinski definition) is 3. The van der Waals surface area contributed by atoms with Gasteiger partial charge in [-0.25, -0.2) is 0 Å². The predicted octanol–water partition coefficient (Wildman–Crippen LogP) is 6.89. The molecule has 3 N–H and O–H groups in total. The topological polar surface area (TPSA) is 144 Å². The van der Waals surface area contributed by atoms with Gasteiger partial charge in [-0.1, -0.05) is 37.6 Å². The van der Waals surface area contributed by atoms with Gasteiger partial charge in [0, 0.05) is 43.9 Å². The van der Waals surface area contributed by atoms with Crippen molar-refractivity contribution < 1.29 is 36.7 Å². The molecular formula is C35H37ClF3N7O5. The van der Waals surface area contributed by atoms with Crippen LogP contribution < -0.4 is 25.4 Å². The Morgan fingerprint density at radius 3 is 2.59 bits per heavy atom. The molecule has 4 aliphatic rings. The van der Waals surface area contributed by atoms with Gasteiger partial charge in [-0.3, -0.25) is 9.59 Å². The first-order valence-corrected chi connectivity index (χ1v) is 16.4. The van der Waals surface area contributed by atoms with Crippen LogP contribution in [0.1, 0.15) is 48.4 Å². The van der Waals surface area contributed by atoms with Crippen LogP contribution in [0.3, 0.4) is 0 Å². The summed E-state index contributed by atoms with van der Waals surface area (Å²) in [6, 6.07) is 14.6. The molecule has 12 nitrogen and oxygen atoms in total. The molecule has 8 rings (SSSR count). The fourth-order valence-corrected chi connectivity index (χ4v) is 5.26. The molecule has 0 spiro atoms. The number of alkyl halides is 3. The Morgan fingerprint density at radius 1 is 1.08 bits per heavy atom. The summed E-state index contributed by atoms with van der Waals surface area (Å²) in [7, 11) is 0. The molecule has 2 aromatic heterocycles. The number of furan rings is 1. The number of nitrogens with zero attached hydrogens (tertiary/aromatic N) is 4. The lowest BCUT2D eigenvalue weighted by Crippen LogP contribution is -2.45. The van der Waals surface area contributed by atoms with Gasteiger partial charge in [0.1, 0.15) is 11.5 Å². The Labute approximate surface area is 297 Å². The van der Waals surface area contributed by atoms with E-state index in [-0.39, 0.29) is 49.8 Å². The van der Waals surface area contributed by atoms with E-state index < -0.39 is 24.2 Å². The predicted molar refractivity (Wildman–Crippen MR) is 185 cm³/mol. The van der Waals surface area contributed by atoms with Gasteiger partial charge in [-0.2, -0.15) is 28.1 Å². The number of carbonyl (C=O) groups is 2. The van der Waals surface area contributed by atoms with Crippen molar-refractivity contribution in [1.82, 2.24) is 25.2 Å². The quantitative estimate of drug-likeness (QED) is 0.199. The number of nitrogens with one attached hydrogen (secondary N) is 3. The van der Waals surface area contributed by atoms with Crippen LogP contribution in [0.4, 0.5) is 30.8 Å². The Balaban J connectivity index is 1.36. The summed E-state index contributed by atoms with van der Waals surface area (Å²) in [4.78, 5) is 40.4. The van der Waals surface area contributed by atoms with Gasteiger partial charge >= 0.3 is 12.2 Å². The molecule has 6 bridgehead atoms. The molecule has 0 fully saturated rings. The van der Waals surface area contributed by atoms with Crippen molar-refractivity contribution in [1.29, 1.82) is 0 Å². The number of amides is 2. The van der Waals surface area contributed by atoms with Crippen molar-refractivity contribution in [3.63, 3.8) is 0 Å². The Morgan fingerprint density at radius 2 is 1.86 bits per heavy atom. The molecule has 0 saturated heterocycles. The third kappa shape index (κ3) is 11.6. The van der Waals surface area contributed by atoms with Gasteiger partial charge in [0.25, 0.3) is 5.91 Å². The maximum atomic E-state index is 13.4. The Hall–Kier alpha value is -5.31. The lowest BCUT2D eigenvalue weighted by molar-refractivity contribution is -0.154. The molecular weight excluding hydrogens is 691 g/mol. The minimum Gasteiger partial charge on any atom is -0.492 e. The normalized spacial score (nSPS) is 15.7. The van der Waals surface area contributed by atoms with Gasteiger partial charge in [-0.05, 0) is 72.0 Å². The minimum absolute atomic E-state index is 0.0512. The van der Waals surface area contributed by atoms with Crippen LogP contribution in [-0.4, -0.2) is 70.7 Å². The fraction of sp³-hybridized carbons (Fsp3) is 0.343. The van der Waals surface area contributed by atoms with E-state index in [1.54, 1.807) is 77.9 Å². The van der Waals surface area contributed by atoms with Crippen molar-refractivity contribution in [3.8, 4) is 11.8 Å². The summed E-state index contributed by atoms with van der Waals surface area (Å²) in [5.41, 5.74) is 1.04. The lowest BCUT2D eigenvalue weighted by Gasteiger charge is -2.33. The number of rotatable bonds is 5. The van der Waals surface area contributed by atoms with Crippen LogP contribution in [0, 0.1) is 5.41 Å². The molecule has 6 heterocycles. The number of ether oxygens (including phenoxy) is 2. The third-order valence-electron chi connectivity index (χ3n) is 7.48. The summed E-state index contributed by atoms with van der Waals surface area (Å²) in [6.07, 6.45) is 1.14. The maximum Gasteiger partial charge on any atom is 0.422 e. The van der Waals surface area contributed by atoms with Gasteiger partial charge in [0.2, 0.25) is 17.8 Å². The van der Waals surface area contributed by atoms with Crippen molar-refractivity contribution in [2.24, 2.45) is 5.41 Å².